The van der Waals surface area contributed by atoms with E-state index in [9.17, 15) is 9.90 Å². The van der Waals surface area contributed by atoms with Crippen molar-refractivity contribution in [3.05, 3.63) is 65.7 Å². The zero-order valence-corrected chi connectivity index (χ0v) is 29.9. The number of allylic oxidation sites excluding steroid dienone is 2. The van der Waals surface area contributed by atoms with Gasteiger partial charge in [0, 0.05) is 49.1 Å². The van der Waals surface area contributed by atoms with Crippen LogP contribution in [-0.2, 0) is 30.3 Å². The molecule has 1 aliphatic rings. The Morgan fingerprint density at radius 3 is 2.24 bits per heavy atom. The van der Waals surface area contributed by atoms with E-state index < -0.39 is 8.07 Å². The molecule has 0 unspecified atom stereocenters. The summed E-state index contributed by atoms with van der Waals surface area (Å²) in [5.74, 6) is 0.547. The molecule has 0 bridgehead atoms. The topological polar surface area (TPSA) is 76.2 Å². The minimum absolute atomic E-state index is 0. The molecule has 0 saturated heterocycles. The second-order valence-electron chi connectivity index (χ2n) is 12.7. The Morgan fingerprint density at radius 1 is 1.02 bits per heavy atom. The van der Waals surface area contributed by atoms with E-state index in [4.69, 9.17) is 4.42 Å². The van der Waals surface area contributed by atoms with Crippen LogP contribution in [0.5, 0.6) is 0 Å². The Kier molecular flexibility index (Phi) is 10.8. The van der Waals surface area contributed by atoms with Crippen molar-refractivity contribution in [2.24, 2.45) is 11.8 Å². The van der Waals surface area contributed by atoms with E-state index in [1.165, 1.54) is 22.6 Å². The van der Waals surface area contributed by atoms with E-state index in [1.807, 2.05) is 27.7 Å². The van der Waals surface area contributed by atoms with Gasteiger partial charge in [0.05, 0.1) is 11.1 Å². The number of ketones is 1. The molecule has 227 valence electrons. The number of hydrogen-bond donors (Lipinski definition) is 1. The van der Waals surface area contributed by atoms with Crippen LogP contribution in [0.15, 0.2) is 52.9 Å². The van der Waals surface area contributed by atoms with E-state index in [-0.39, 0.29) is 48.9 Å². The van der Waals surface area contributed by atoms with Crippen LogP contribution in [0, 0.1) is 17.9 Å². The molecule has 5 nitrogen and oxygen atoms in total. The van der Waals surface area contributed by atoms with Crippen LogP contribution < -0.4 is 5.38 Å². The number of rotatable bonds is 8. The van der Waals surface area contributed by atoms with Gasteiger partial charge in [-0.1, -0.05) is 95.9 Å². The Bertz CT molecular complexity index is 1590. The normalized spacial score (nSPS) is 14.0. The van der Waals surface area contributed by atoms with Crippen molar-refractivity contribution in [1.82, 2.24) is 9.97 Å². The molecule has 5 rings (SSSR count). The molecular formula is C35H45IrN2O3Si-. The number of furan rings is 1. The number of carbonyl (C=O) groups is 1. The quantitative estimate of drug-likeness (QED) is 0.0841. The standard InChI is InChI=1S/C22H21N2OSi.C13H24O2.Ir/c1-22(2)16-11-14-9-7-6-8-13(14)10-15(16)19-17-18(22)21(26(3,4)5)25-20(17)24-12-23-19;1-5-10(6-2)12(14)9-13(15)11(7-3)8-4;/h6-9,11-12H,1-5H3;9-11,14H,5-8H2,1-4H3;/q-1;;/b;12-9-;. The van der Waals surface area contributed by atoms with Crippen molar-refractivity contribution in [1.29, 1.82) is 0 Å². The van der Waals surface area contributed by atoms with Crippen LogP contribution in [-0.4, -0.2) is 28.9 Å². The minimum atomic E-state index is -1.68. The van der Waals surface area contributed by atoms with Gasteiger partial charge in [-0.3, -0.25) is 9.78 Å². The second-order valence-corrected chi connectivity index (χ2v) is 17.7. The summed E-state index contributed by atoms with van der Waals surface area (Å²) in [6.45, 7) is 19.6. The van der Waals surface area contributed by atoms with E-state index in [0.717, 1.165) is 53.1 Å². The summed E-state index contributed by atoms with van der Waals surface area (Å²) in [6, 6.07) is 14.3. The number of carbonyl (C=O) groups excluding carboxylic acids is 1. The monoisotopic (exact) mass is 762 g/mol. The molecule has 2 aromatic carbocycles. The molecule has 2 heterocycles. The van der Waals surface area contributed by atoms with Gasteiger partial charge in [0.1, 0.15) is 14.4 Å². The molecule has 0 fully saturated rings. The van der Waals surface area contributed by atoms with Crippen LogP contribution >= 0.6 is 0 Å². The largest absolute Gasteiger partial charge is 0.512 e. The molecule has 0 atom stereocenters. The van der Waals surface area contributed by atoms with Gasteiger partial charge < -0.3 is 9.52 Å². The smallest absolute Gasteiger partial charge is 0.221 e. The first-order valence-corrected chi connectivity index (χ1v) is 18.6. The van der Waals surface area contributed by atoms with Crippen molar-refractivity contribution in [2.45, 2.75) is 92.3 Å². The number of aliphatic hydroxyl groups excluding tert-OH is 1. The fraction of sp³-hybridized carbons (Fsp3) is 0.457. The van der Waals surface area contributed by atoms with Crippen LogP contribution in [0.2, 0.25) is 19.6 Å². The fourth-order valence-electron chi connectivity index (χ4n) is 6.01. The third-order valence-corrected chi connectivity index (χ3v) is 10.3. The first kappa shape index (κ1) is 33.9. The van der Waals surface area contributed by atoms with Crippen molar-refractivity contribution >= 4 is 41.1 Å². The molecule has 1 aliphatic carbocycles. The van der Waals surface area contributed by atoms with Gasteiger partial charge in [-0.2, -0.15) is 0 Å². The molecule has 1 N–H and O–H groups in total. The summed E-state index contributed by atoms with van der Waals surface area (Å²) in [5.41, 5.74) is 5.12. The Balaban J connectivity index is 0.000000263. The van der Waals surface area contributed by atoms with Crippen molar-refractivity contribution in [2.75, 3.05) is 0 Å². The van der Waals surface area contributed by atoms with Gasteiger partial charge in [0.15, 0.2) is 5.78 Å². The summed E-state index contributed by atoms with van der Waals surface area (Å²) in [6.07, 6.45) is 6.52. The third-order valence-electron chi connectivity index (χ3n) is 8.58. The van der Waals surface area contributed by atoms with Gasteiger partial charge in [0.2, 0.25) is 5.71 Å². The number of aliphatic hydroxyl groups is 1. The zero-order chi connectivity index (χ0) is 30.1. The van der Waals surface area contributed by atoms with Crippen LogP contribution in [0.4, 0.5) is 0 Å². The van der Waals surface area contributed by atoms with Gasteiger partial charge in [0.25, 0.3) is 0 Å². The van der Waals surface area contributed by atoms with E-state index in [0.29, 0.717) is 5.71 Å². The van der Waals surface area contributed by atoms with Gasteiger partial charge >= 0.3 is 0 Å². The van der Waals surface area contributed by atoms with Crippen LogP contribution in [0.3, 0.4) is 0 Å². The molecule has 4 aromatic rings. The van der Waals surface area contributed by atoms with Crippen LogP contribution in [0.25, 0.3) is 33.1 Å². The summed E-state index contributed by atoms with van der Waals surface area (Å²) >= 11 is 0. The predicted molar refractivity (Wildman–Crippen MR) is 173 cm³/mol. The minimum Gasteiger partial charge on any atom is -0.512 e. The average Bonchev–Trinajstić information content (AvgIpc) is 3.35. The molecule has 0 amide bonds. The Hall–Kier alpha value is -2.60. The number of benzene rings is 2. The second kappa shape index (κ2) is 13.4. The summed E-state index contributed by atoms with van der Waals surface area (Å²) in [4.78, 5) is 20.8. The summed E-state index contributed by atoms with van der Waals surface area (Å²) < 4.78 is 6.34. The van der Waals surface area contributed by atoms with Crippen molar-refractivity contribution < 1.29 is 34.4 Å². The van der Waals surface area contributed by atoms with Gasteiger partial charge in [-0.25, -0.2) is 4.98 Å². The van der Waals surface area contributed by atoms with E-state index in [1.54, 1.807) is 6.33 Å². The van der Waals surface area contributed by atoms with Gasteiger partial charge in [-0.05, 0) is 36.7 Å². The summed E-state index contributed by atoms with van der Waals surface area (Å²) in [7, 11) is -1.68. The number of fused-ring (bicyclic) bond motifs is 3. The molecule has 2 aromatic heterocycles. The summed E-state index contributed by atoms with van der Waals surface area (Å²) in [5, 5.41) is 14.3. The fourth-order valence-corrected chi connectivity index (χ4v) is 7.60. The molecule has 0 saturated carbocycles. The Morgan fingerprint density at radius 2 is 1.64 bits per heavy atom. The molecular weight excluding hydrogens is 717 g/mol. The van der Waals surface area contributed by atoms with E-state index in [2.05, 4.69) is 79.9 Å². The number of aromatic nitrogens is 2. The molecule has 42 heavy (non-hydrogen) atoms. The zero-order valence-electron chi connectivity index (χ0n) is 26.5. The first-order valence-electron chi connectivity index (χ1n) is 15.1. The first-order chi connectivity index (χ1) is 19.4. The molecule has 0 spiro atoms. The van der Waals surface area contributed by atoms with Crippen molar-refractivity contribution in [3.63, 3.8) is 0 Å². The number of hydrogen-bond acceptors (Lipinski definition) is 5. The molecule has 7 heteroatoms. The third kappa shape index (κ3) is 6.34. The molecule has 1 radical (unpaired) electrons. The number of nitrogens with zero attached hydrogens (tertiary/aromatic N) is 2. The van der Waals surface area contributed by atoms with Crippen LogP contribution in [0.1, 0.15) is 78.4 Å². The van der Waals surface area contributed by atoms with Gasteiger partial charge in [-0.15, -0.1) is 23.6 Å². The maximum Gasteiger partial charge on any atom is 0.221 e. The molecule has 0 aliphatic heterocycles. The van der Waals surface area contributed by atoms with Crippen molar-refractivity contribution in [3.8, 4) is 11.3 Å². The Labute approximate surface area is 265 Å². The average molecular weight is 762 g/mol. The van der Waals surface area contributed by atoms with E-state index >= 15 is 0 Å². The maximum atomic E-state index is 11.7. The predicted octanol–water partition coefficient (Wildman–Crippen LogP) is 8.89. The SMILES string of the molecule is CC1(C)c2cc3ccccc3[c-]c2-c2ncnc3oc([Si](C)(C)C)c1c23.CCC(CC)C(=O)/C=C(\O)C(CC)CC.[Ir]. The maximum absolute atomic E-state index is 11.7.